The molecule has 144 valence electrons. The molecule has 1 heterocycles. The van der Waals surface area contributed by atoms with E-state index in [4.69, 9.17) is 4.74 Å². The van der Waals surface area contributed by atoms with Gasteiger partial charge in [0.05, 0.1) is 11.9 Å². The molecule has 0 saturated heterocycles. The van der Waals surface area contributed by atoms with Gasteiger partial charge in [0.1, 0.15) is 18.2 Å². The van der Waals surface area contributed by atoms with Gasteiger partial charge in [-0.05, 0) is 29.8 Å². The average Bonchev–Trinajstić information content (AvgIpc) is 3.24. The van der Waals surface area contributed by atoms with Crippen molar-refractivity contribution < 1.29 is 9.13 Å². The lowest BCUT2D eigenvalue weighted by atomic mass is 10.2. The summed E-state index contributed by atoms with van der Waals surface area (Å²) in [6, 6.07) is 23.9. The number of benzene rings is 3. The maximum Gasteiger partial charge on any atom is 0.203 e. The average molecular weight is 403 g/mol. The summed E-state index contributed by atoms with van der Waals surface area (Å²) in [7, 11) is 0. The van der Waals surface area contributed by atoms with Crippen LogP contribution in [0.3, 0.4) is 0 Å². The van der Waals surface area contributed by atoms with E-state index in [0.29, 0.717) is 17.5 Å². The van der Waals surface area contributed by atoms with E-state index in [0.717, 1.165) is 22.4 Å². The zero-order valence-corrected chi connectivity index (χ0v) is 16.3. The molecule has 4 aromatic rings. The number of halogens is 1. The Morgan fingerprint density at radius 3 is 2.55 bits per heavy atom. The molecule has 4 nitrogen and oxygen atoms in total. The first-order valence-electron chi connectivity index (χ1n) is 9.04. The number of aromatic nitrogens is 1. The Labute approximate surface area is 172 Å². The van der Waals surface area contributed by atoms with Crippen molar-refractivity contribution in [1.82, 2.24) is 4.98 Å². The molecule has 6 heteroatoms. The first-order valence-corrected chi connectivity index (χ1v) is 9.92. The lowest BCUT2D eigenvalue weighted by molar-refractivity contribution is 0.305. The molecule has 29 heavy (non-hydrogen) atoms. The molecule has 0 fully saturated rings. The minimum absolute atomic E-state index is 0.259. The molecule has 0 spiro atoms. The SMILES string of the molecule is Fc1ccc(COc2ccccc2/C=N\Nc2nc(-c3ccccc3)cs2)cc1. The van der Waals surface area contributed by atoms with Crippen molar-refractivity contribution in [3.8, 4) is 17.0 Å². The first kappa shape index (κ1) is 18.8. The molecule has 0 aliphatic rings. The van der Waals surface area contributed by atoms with E-state index in [-0.39, 0.29) is 5.82 Å². The number of hydrogen-bond donors (Lipinski definition) is 1. The molecule has 0 aliphatic heterocycles. The van der Waals surface area contributed by atoms with Gasteiger partial charge in [-0.2, -0.15) is 5.10 Å². The number of nitrogens with one attached hydrogen (secondary N) is 1. The molecule has 0 bridgehead atoms. The number of hydrogen-bond acceptors (Lipinski definition) is 5. The number of thiazole rings is 1. The minimum Gasteiger partial charge on any atom is -0.488 e. The second-order valence-corrected chi connectivity index (χ2v) is 7.08. The molecule has 1 N–H and O–H groups in total. The largest absolute Gasteiger partial charge is 0.488 e. The predicted octanol–water partition coefficient (Wildman–Crippen LogP) is 5.97. The van der Waals surface area contributed by atoms with E-state index >= 15 is 0 Å². The number of ether oxygens (including phenoxy) is 1. The number of nitrogens with zero attached hydrogens (tertiary/aromatic N) is 2. The molecular formula is C23H18FN3OS. The number of anilines is 1. The molecule has 0 unspecified atom stereocenters. The molecule has 0 saturated carbocycles. The fourth-order valence-corrected chi connectivity index (χ4v) is 3.35. The highest BCUT2D eigenvalue weighted by Gasteiger charge is 2.04. The van der Waals surface area contributed by atoms with Gasteiger partial charge in [0, 0.05) is 16.5 Å². The lowest BCUT2D eigenvalue weighted by Gasteiger charge is -2.09. The summed E-state index contributed by atoms with van der Waals surface area (Å²) in [5, 5.41) is 7.00. The molecule has 0 amide bonds. The summed E-state index contributed by atoms with van der Waals surface area (Å²) < 4.78 is 18.9. The third-order valence-electron chi connectivity index (χ3n) is 4.16. The van der Waals surface area contributed by atoms with Gasteiger partial charge in [-0.25, -0.2) is 9.37 Å². The number of rotatable bonds is 7. The normalized spacial score (nSPS) is 10.9. The molecule has 0 aliphatic carbocycles. The highest BCUT2D eigenvalue weighted by molar-refractivity contribution is 7.14. The van der Waals surface area contributed by atoms with E-state index < -0.39 is 0 Å². The van der Waals surface area contributed by atoms with Crippen LogP contribution in [0.2, 0.25) is 0 Å². The minimum atomic E-state index is -0.259. The Morgan fingerprint density at radius 1 is 0.966 bits per heavy atom. The highest BCUT2D eigenvalue weighted by atomic mass is 32.1. The Hall–Kier alpha value is -3.51. The van der Waals surface area contributed by atoms with Crippen LogP contribution in [0.1, 0.15) is 11.1 Å². The topological polar surface area (TPSA) is 46.5 Å². The van der Waals surface area contributed by atoms with Gasteiger partial charge in [0.25, 0.3) is 0 Å². The lowest BCUT2D eigenvalue weighted by Crippen LogP contribution is -1.99. The van der Waals surface area contributed by atoms with Crippen molar-refractivity contribution in [3.63, 3.8) is 0 Å². The zero-order valence-electron chi connectivity index (χ0n) is 15.5. The summed E-state index contributed by atoms with van der Waals surface area (Å²) in [4.78, 5) is 4.55. The Bertz CT molecular complexity index is 1090. The maximum absolute atomic E-state index is 13.0. The summed E-state index contributed by atoms with van der Waals surface area (Å²) in [6.45, 7) is 0.353. The van der Waals surface area contributed by atoms with Crippen molar-refractivity contribution in [2.24, 2.45) is 5.10 Å². The second-order valence-electron chi connectivity index (χ2n) is 6.23. The standard InChI is InChI=1S/C23H18FN3OS/c24-20-12-10-17(11-13-20)15-28-22-9-5-4-8-19(22)14-25-27-23-26-21(16-29-23)18-6-2-1-3-7-18/h1-14,16H,15H2,(H,26,27)/b25-14-. The first-order chi connectivity index (χ1) is 14.3. The van der Waals surface area contributed by atoms with Gasteiger partial charge in [-0.15, -0.1) is 11.3 Å². The van der Waals surface area contributed by atoms with Crippen LogP contribution in [0.15, 0.2) is 89.3 Å². The smallest absolute Gasteiger partial charge is 0.203 e. The Balaban J connectivity index is 1.40. The van der Waals surface area contributed by atoms with E-state index in [2.05, 4.69) is 15.5 Å². The van der Waals surface area contributed by atoms with Crippen molar-refractivity contribution >= 4 is 22.7 Å². The van der Waals surface area contributed by atoms with Gasteiger partial charge in [0.15, 0.2) is 0 Å². The molecule has 0 atom stereocenters. The van der Waals surface area contributed by atoms with E-state index in [1.165, 1.54) is 23.5 Å². The molecule has 1 aromatic heterocycles. The summed E-state index contributed by atoms with van der Waals surface area (Å²) in [5.74, 6) is 0.441. The van der Waals surface area contributed by atoms with Crippen LogP contribution in [0.25, 0.3) is 11.3 Å². The van der Waals surface area contributed by atoms with Crippen molar-refractivity contribution in [2.75, 3.05) is 5.43 Å². The Kier molecular flexibility index (Phi) is 5.92. The van der Waals surface area contributed by atoms with Crippen molar-refractivity contribution in [1.29, 1.82) is 0 Å². The summed E-state index contributed by atoms with van der Waals surface area (Å²) in [5.41, 5.74) is 6.68. The fraction of sp³-hybridized carbons (Fsp3) is 0.0435. The summed E-state index contributed by atoms with van der Waals surface area (Å²) >= 11 is 1.49. The van der Waals surface area contributed by atoms with Crippen LogP contribution >= 0.6 is 11.3 Å². The monoisotopic (exact) mass is 403 g/mol. The highest BCUT2D eigenvalue weighted by Crippen LogP contribution is 2.24. The zero-order chi connectivity index (χ0) is 19.9. The summed E-state index contributed by atoms with van der Waals surface area (Å²) in [6.07, 6.45) is 1.70. The number of para-hydroxylation sites is 1. The third-order valence-corrected chi connectivity index (χ3v) is 4.91. The second kappa shape index (κ2) is 9.12. The van der Waals surface area contributed by atoms with Crippen LogP contribution < -0.4 is 10.2 Å². The van der Waals surface area contributed by atoms with Crippen LogP contribution in [0.4, 0.5) is 9.52 Å². The van der Waals surface area contributed by atoms with Gasteiger partial charge in [-0.1, -0.05) is 54.6 Å². The van der Waals surface area contributed by atoms with Crippen LogP contribution in [0.5, 0.6) is 5.75 Å². The van der Waals surface area contributed by atoms with Gasteiger partial charge < -0.3 is 4.74 Å². The van der Waals surface area contributed by atoms with Gasteiger partial charge in [0.2, 0.25) is 5.13 Å². The van der Waals surface area contributed by atoms with Crippen LogP contribution in [-0.2, 0) is 6.61 Å². The maximum atomic E-state index is 13.0. The quantitative estimate of drug-likeness (QED) is 0.305. The number of hydrazone groups is 1. The third kappa shape index (κ3) is 5.06. The van der Waals surface area contributed by atoms with Gasteiger partial charge in [-0.3, -0.25) is 5.43 Å². The fourth-order valence-electron chi connectivity index (χ4n) is 2.68. The van der Waals surface area contributed by atoms with Crippen LogP contribution in [-0.4, -0.2) is 11.2 Å². The molecule has 3 aromatic carbocycles. The van der Waals surface area contributed by atoms with E-state index in [1.807, 2.05) is 60.0 Å². The molecule has 4 rings (SSSR count). The van der Waals surface area contributed by atoms with Crippen molar-refractivity contribution in [3.05, 3.63) is 101 Å². The van der Waals surface area contributed by atoms with E-state index in [9.17, 15) is 4.39 Å². The predicted molar refractivity (Wildman–Crippen MR) is 116 cm³/mol. The van der Waals surface area contributed by atoms with Gasteiger partial charge >= 0.3 is 0 Å². The van der Waals surface area contributed by atoms with Crippen LogP contribution in [0, 0.1) is 5.82 Å². The molecule has 0 radical (unpaired) electrons. The van der Waals surface area contributed by atoms with E-state index in [1.54, 1.807) is 18.3 Å². The molecular weight excluding hydrogens is 385 g/mol. The Morgan fingerprint density at radius 2 is 1.72 bits per heavy atom. The van der Waals surface area contributed by atoms with Crippen molar-refractivity contribution in [2.45, 2.75) is 6.61 Å².